The number of hydrogen-bond acceptors (Lipinski definition) is 2. The molecule has 0 spiro atoms. The summed E-state index contributed by atoms with van der Waals surface area (Å²) in [5, 5.41) is 2.96. The highest BCUT2D eigenvalue weighted by Crippen LogP contribution is 2.30. The van der Waals surface area contributed by atoms with E-state index < -0.39 is 19.0 Å². The van der Waals surface area contributed by atoms with Crippen LogP contribution >= 0.6 is 0 Å². The maximum absolute atomic E-state index is 12.5. The number of hydrogen-bond donors (Lipinski definition) is 1. The minimum absolute atomic E-state index is 0.0335. The molecule has 1 N–H and O–H groups in total. The molecule has 0 aromatic carbocycles. The van der Waals surface area contributed by atoms with E-state index in [1.54, 1.807) is 7.05 Å². The molecule has 0 heterocycles. The predicted octanol–water partition coefficient (Wildman–Crippen LogP) is 2.68. The van der Waals surface area contributed by atoms with E-state index in [-0.39, 0.29) is 12.6 Å². The van der Waals surface area contributed by atoms with Gasteiger partial charge in [0.15, 0.2) is 0 Å². The molecular weight excluding hydrogens is 238 g/mol. The molecule has 1 rings (SSSR count). The van der Waals surface area contributed by atoms with Gasteiger partial charge in [-0.3, -0.25) is 0 Å². The van der Waals surface area contributed by atoms with Crippen molar-refractivity contribution in [1.29, 1.82) is 0 Å². The molecule has 0 amide bonds. The molecular formula is C11H19F4NO. The Hall–Kier alpha value is -0.360. The Bertz CT molecular complexity index is 222. The summed E-state index contributed by atoms with van der Waals surface area (Å²) in [4.78, 5) is 0. The predicted molar refractivity (Wildman–Crippen MR) is 56.6 cm³/mol. The van der Waals surface area contributed by atoms with Crippen LogP contribution < -0.4 is 5.32 Å². The second-order valence-corrected chi connectivity index (χ2v) is 4.60. The van der Waals surface area contributed by atoms with Crippen LogP contribution in [0.1, 0.15) is 25.7 Å². The molecule has 6 heteroatoms. The lowest BCUT2D eigenvalue weighted by atomic mass is 9.81. The van der Waals surface area contributed by atoms with E-state index in [0.29, 0.717) is 5.92 Å². The summed E-state index contributed by atoms with van der Waals surface area (Å²) >= 11 is 0. The third kappa shape index (κ3) is 4.79. The van der Waals surface area contributed by atoms with E-state index in [0.717, 1.165) is 19.3 Å². The van der Waals surface area contributed by atoms with Crippen LogP contribution in [0.5, 0.6) is 0 Å². The Morgan fingerprint density at radius 1 is 1.35 bits per heavy atom. The highest BCUT2D eigenvalue weighted by Gasteiger charge is 2.41. The second kappa shape index (κ2) is 6.54. The maximum atomic E-state index is 12.5. The van der Waals surface area contributed by atoms with Crippen molar-refractivity contribution >= 4 is 0 Å². The molecule has 0 aromatic rings. The smallest absolute Gasteiger partial charge is 0.330 e. The Morgan fingerprint density at radius 3 is 2.41 bits per heavy atom. The lowest BCUT2D eigenvalue weighted by Crippen LogP contribution is -2.38. The number of ether oxygens (including phenoxy) is 1. The average molecular weight is 257 g/mol. The van der Waals surface area contributed by atoms with Gasteiger partial charge < -0.3 is 10.1 Å². The molecule has 0 radical (unpaired) electrons. The van der Waals surface area contributed by atoms with Gasteiger partial charge in [0, 0.05) is 6.04 Å². The monoisotopic (exact) mass is 257 g/mol. The van der Waals surface area contributed by atoms with Gasteiger partial charge in [-0.25, -0.2) is 8.78 Å². The van der Waals surface area contributed by atoms with Gasteiger partial charge in [-0.15, -0.1) is 0 Å². The van der Waals surface area contributed by atoms with Crippen LogP contribution in [0.25, 0.3) is 0 Å². The third-order valence-corrected chi connectivity index (χ3v) is 3.18. The Kier molecular flexibility index (Phi) is 5.66. The lowest BCUT2D eigenvalue weighted by Gasteiger charge is -2.29. The highest BCUT2D eigenvalue weighted by atomic mass is 19.3. The third-order valence-electron chi connectivity index (χ3n) is 3.18. The van der Waals surface area contributed by atoms with Crippen LogP contribution in [0.3, 0.4) is 0 Å². The summed E-state index contributed by atoms with van der Waals surface area (Å²) < 4.78 is 53.5. The summed E-state index contributed by atoms with van der Waals surface area (Å²) in [6.45, 7) is -1.16. The van der Waals surface area contributed by atoms with Gasteiger partial charge in [0.2, 0.25) is 0 Å². The molecule has 0 aromatic heterocycles. The van der Waals surface area contributed by atoms with E-state index in [9.17, 15) is 17.6 Å². The lowest BCUT2D eigenvalue weighted by molar-refractivity contribution is -0.167. The van der Waals surface area contributed by atoms with Crippen molar-refractivity contribution in [2.45, 2.75) is 44.1 Å². The number of rotatable bonds is 8. The molecule has 0 bridgehead atoms. The molecule has 102 valence electrons. The van der Waals surface area contributed by atoms with Crippen LogP contribution in [0.15, 0.2) is 0 Å². The molecule has 1 saturated carbocycles. The minimum Gasteiger partial charge on any atom is -0.373 e. The van der Waals surface area contributed by atoms with Gasteiger partial charge in [0.25, 0.3) is 0 Å². The Labute approximate surface area is 98.7 Å². The largest absolute Gasteiger partial charge is 0.373 e. The van der Waals surface area contributed by atoms with Crippen molar-refractivity contribution in [2.24, 2.45) is 5.92 Å². The van der Waals surface area contributed by atoms with Crippen LogP contribution in [0.2, 0.25) is 0 Å². The molecule has 1 aliphatic carbocycles. The van der Waals surface area contributed by atoms with Crippen LogP contribution in [0, 0.1) is 5.92 Å². The van der Waals surface area contributed by atoms with Crippen molar-refractivity contribution in [3.8, 4) is 0 Å². The molecule has 0 aliphatic heterocycles. The number of halogens is 4. The van der Waals surface area contributed by atoms with Crippen molar-refractivity contribution < 1.29 is 22.3 Å². The standard InChI is InChI=1S/C11H19F4NO/c1-16-9(5-8-3-2-4-8)6-17-7-11(14,15)10(12)13/h8-10,16H,2-7H2,1H3. The van der Waals surface area contributed by atoms with Crippen molar-refractivity contribution in [3.63, 3.8) is 0 Å². The fourth-order valence-electron chi connectivity index (χ4n) is 1.80. The first-order valence-electron chi connectivity index (χ1n) is 5.86. The van der Waals surface area contributed by atoms with Gasteiger partial charge in [-0.1, -0.05) is 19.3 Å². The molecule has 17 heavy (non-hydrogen) atoms. The molecule has 1 atom stereocenters. The van der Waals surface area contributed by atoms with E-state index in [4.69, 9.17) is 0 Å². The van der Waals surface area contributed by atoms with Crippen molar-refractivity contribution in [2.75, 3.05) is 20.3 Å². The quantitative estimate of drug-likeness (QED) is 0.675. The fourth-order valence-corrected chi connectivity index (χ4v) is 1.80. The van der Waals surface area contributed by atoms with Gasteiger partial charge in [-0.05, 0) is 19.4 Å². The summed E-state index contributed by atoms with van der Waals surface area (Å²) in [6, 6.07) is -0.0335. The van der Waals surface area contributed by atoms with Crippen LogP contribution in [0.4, 0.5) is 17.6 Å². The summed E-state index contributed by atoms with van der Waals surface area (Å²) in [5.41, 5.74) is 0. The van der Waals surface area contributed by atoms with E-state index >= 15 is 0 Å². The van der Waals surface area contributed by atoms with Gasteiger partial charge in [0.05, 0.1) is 6.61 Å². The van der Waals surface area contributed by atoms with Gasteiger partial charge >= 0.3 is 12.3 Å². The van der Waals surface area contributed by atoms with Gasteiger partial charge in [-0.2, -0.15) is 8.78 Å². The first-order valence-corrected chi connectivity index (χ1v) is 5.86. The van der Waals surface area contributed by atoms with E-state index in [1.807, 2.05) is 0 Å². The molecule has 0 saturated heterocycles. The molecule has 1 fully saturated rings. The summed E-state index contributed by atoms with van der Waals surface area (Å²) in [5.74, 6) is -3.43. The normalized spacial score (nSPS) is 19.4. The Balaban J connectivity index is 2.18. The minimum atomic E-state index is -4.05. The van der Waals surface area contributed by atoms with E-state index in [2.05, 4.69) is 10.1 Å². The molecule has 1 unspecified atom stereocenters. The molecule has 2 nitrogen and oxygen atoms in total. The van der Waals surface area contributed by atoms with Crippen molar-refractivity contribution in [3.05, 3.63) is 0 Å². The molecule has 1 aliphatic rings. The number of likely N-dealkylation sites (N-methyl/N-ethyl adjacent to an activating group) is 1. The number of nitrogens with one attached hydrogen (secondary N) is 1. The zero-order chi connectivity index (χ0) is 12.9. The SMILES string of the molecule is CNC(COCC(F)(F)C(F)F)CC1CCC1. The van der Waals surface area contributed by atoms with E-state index in [1.165, 1.54) is 6.42 Å². The summed E-state index contributed by atoms with van der Waals surface area (Å²) in [7, 11) is 1.72. The topological polar surface area (TPSA) is 21.3 Å². The zero-order valence-corrected chi connectivity index (χ0v) is 9.89. The van der Waals surface area contributed by atoms with Crippen molar-refractivity contribution in [1.82, 2.24) is 5.32 Å². The summed E-state index contributed by atoms with van der Waals surface area (Å²) in [6.07, 6.45) is 0.723. The highest BCUT2D eigenvalue weighted by molar-refractivity contribution is 4.77. The second-order valence-electron chi connectivity index (χ2n) is 4.60. The fraction of sp³-hybridized carbons (Fsp3) is 1.00. The number of alkyl halides is 4. The first-order chi connectivity index (χ1) is 7.95. The zero-order valence-electron chi connectivity index (χ0n) is 9.89. The van der Waals surface area contributed by atoms with Gasteiger partial charge in [0.1, 0.15) is 6.61 Å². The maximum Gasteiger partial charge on any atom is 0.330 e. The first kappa shape index (κ1) is 14.7. The van der Waals surface area contributed by atoms with Crippen LogP contribution in [-0.2, 0) is 4.74 Å². The van der Waals surface area contributed by atoms with Crippen LogP contribution in [-0.4, -0.2) is 38.7 Å². The average Bonchev–Trinajstić information content (AvgIpc) is 2.20. The Morgan fingerprint density at radius 2 is 2.00 bits per heavy atom.